The first-order valence-corrected chi connectivity index (χ1v) is 7.39. The third-order valence-electron chi connectivity index (χ3n) is 3.83. The first kappa shape index (κ1) is 14.9. The number of ether oxygens (including phenoxy) is 1. The lowest BCUT2D eigenvalue weighted by atomic mass is 9.94. The number of carbonyl (C=O) groups excluding carboxylic acids is 1. The van der Waals surface area contributed by atoms with Crippen molar-refractivity contribution in [2.75, 3.05) is 26.2 Å². The normalized spacial score (nSPS) is 22.6. The molecule has 0 radical (unpaired) electrons. The third-order valence-corrected chi connectivity index (χ3v) is 3.83. The van der Waals surface area contributed by atoms with Gasteiger partial charge in [-0.3, -0.25) is 4.79 Å². The van der Waals surface area contributed by atoms with Crippen LogP contribution in [-0.2, 0) is 4.79 Å². The van der Waals surface area contributed by atoms with E-state index in [1.165, 1.54) is 0 Å². The van der Waals surface area contributed by atoms with Gasteiger partial charge in [-0.25, -0.2) is 0 Å². The van der Waals surface area contributed by atoms with Gasteiger partial charge in [-0.2, -0.15) is 0 Å². The molecule has 2 atom stereocenters. The number of likely N-dealkylation sites (tertiary alicyclic amines) is 1. The molecule has 4 nitrogen and oxygen atoms in total. The summed E-state index contributed by atoms with van der Waals surface area (Å²) in [6.07, 6.45) is 1.02. The van der Waals surface area contributed by atoms with Crippen LogP contribution in [0.3, 0.4) is 0 Å². The molecule has 20 heavy (non-hydrogen) atoms. The van der Waals surface area contributed by atoms with Gasteiger partial charge in [0.1, 0.15) is 5.75 Å². The smallest absolute Gasteiger partial charge is 0.260 e. The van der Waals surface area contributed by atoms with Crippen molar-refractivity contribution in [3.8, 4) is 5.75 Å². The number of hydrogen-bond acceptors (Lipinski definition) is 3. The minimum Gasteiger partial charge on any atom is -0.484 e. The molecule has 2 unspecified atom stereocenters. The highest BCUT2D eigenvalue weighted by molar-refractivity contribution is 5.77. The summed E-state index contributed by atoms with van der Waals surface area (Å²) in [4.78, 5) is 14.1. The standard InChI is InChI=1S/C16H24N2O2/c1-3-17-15-9-10-18(11-13(15)2)16(19)12-20-14-7-5-4-6-8-14/h4-8,13,15,17H,3,9-12H2,1-2H3. The van der Waals surface area contributed by atoms with Crippen molar-refractivity contribution in [1.82, 2.24) is 10.2 Å². The predicted molar refractivity (Wildman–Crippen MR) is 79.8 cm³/mol. The van der Waals surface area contributed by atoms with E-state index in [2.05, 4.69) is 19.2 Å². The molecule has 0 saturated carbocycles. The fraction of sp³-hybridized carbons (Fsp3) is 0.562. The summed E-state index contributed by atoms with van der Waals surface area (Å²) in [7, 11) is 0. The van der Waals surface area contributed by atoms with Gasteiger partial charge in [0.05, 0.1) is 0 Å². The number of carbonyl (C=O) groups is 1. The summed E-state index contributed by atoms with van der Waals surface area (Å²) in [5.41, 5.74) is 0. The van der Waals surface area contributed by atoms with E-state index in [9.17, 15) is 4.79 Å². The maximum Gasteiger partial charge on any atom is 0.260 e. The molecule has 1 amide bonds. The van der Waals surface area contributed by atoms with E-state index in [1.54, 1.807) is 0 Å². The number of benzene rings is 1. The monoisotopic (exact) mass is 276 g/mol. The Hall–Kier alpha value is -1.55. The van der Waals surface area contributed by atoms with Crippen LogP contribution in [-0.4, -0.2) is 43.1 Å². The molecule has 1 aliphatic heterocycles. The minimum atomic E-state index is 0.0793. The summed E-state index contributed by atoms with van der Waals surface area (Å²) in [5.74, 6) is 1.32. The molecule has 2 rings (SSSR count). The van der Waals surface area contributed by atoms with Gasteiger partial charge in [0.15, 0.2) is 6.61 Å². The Balaban J connectivity index is 1.79. The molecule has 0 aromatic heterocycles. The number of para-hydroxylation sites is 1. The molecule has 4 heteroatoms. The van der Waals surface area contributed by atoms with Crippen molar-refractivity contribution in [3.05, 3.63) is 30.3 Å². The minimum absolute atomic E-state index is 0.0793. The van der Waals surface area contributed by atoms with Gasteiger partial charge in [0.25, 0.3) is 5.91 Å². The quantitative estimate of drug-likeness (QED) is 0.893. The topological polar surface area (TPSA) is 41.6 Å². The number of nitrogens with one attached hydrogen (secondary N) is 1. The molecular formula is C16H24N2O2. The zero-order chi connectivity index (χ0) is 14.4. The van der Waals surface area contributed by atoms with Gasteiger partial charge < -0.3 is 15.0 Å². The Morgan fingerprint density at radius 2 is 2.15 bits per heavy atom. The molecule has 1 aliphatic rings. The fourth-order valence-electron chi connectivity index (χ4n) is 2.69. The highest BCUT2D eigenvalue weighted by Gasteiger charge is 2.27. The van der Waals surface area contributed by atoms with E-state index in [4.69, 9.17) is 4.74 Å². The molecular weight excluding hydrogens is 252 g/mol. The molecule has 1 heterocycles. The average Bonchev–Trinajstić information content (AvgIpc) is 2.48. The zero-order valence-electron chi connectivity index (χ0n) is 12.3. The number of hydrogen-bond donors (Lipinski definition) is 1. The van der Waals surface area contributed by atoms with Crippen LogP contribution in [0.4, 0.5) is 0 Å². The Labute approximate surface area is 121 Å². The zero-order valence-corrected chi connectivity index (χ0v) is 12.3. The van der Waals surface area contributed by atoms with Crippen LogP contribution in [0.1, 0.15) is 20.3 Å². The summed E-state index contributed by atoms with van der Waals surface area (Å²) in [5, 5.41) is 3.48. The molecule has 1 N–H and O–H groups in total. The van der Waals surface area contributed by atoms with Gasteiger partial charge in [-0.05, 0) is 31.0 Å². The molecule has 1 fully saturated rings. The van der Waals surface area contributed by atoms with Crippen molar-refractivity contribution in [2.24, 2.45) is 5.92 Å². The van der Waals surface area contributed by atoms with Crippen LogP contribution in [0.15, 0.2) is 30.3 Å². The van der Waals surface area contributed by atoms with Crippen molar-refractivity contribution in [3.63, 3.8) is 0 Å². The second kappa shape index (κ2) is 7.29. The highest BCUT2D eigenvalue weighted by atomic mass is 16.5. The molecule has 0 spiro atoms. The summed E-state index contributed by atoms with van der Waals surface area (Å²) < 4.78 is 5.52. The third kappa shape index (κ3) is 3.97. The van der Waals surface area contributed by atoms with Gasteiger partial charge in [0.2, 0.25) is 0 Å². The first-order valence-electron chi connectivity index (χ1n) is 7.39. The van der Waals surface area contributed by atoms with Crippen molar-refractivity contribution in [1.29, 1.82) is 0 Å². The van der Waals surface area contributed by atoms with Gasteiger partial charge in [-0.15, -0.1) is 0 Å². The van der Waals surface area contributed by atoms with Crippen molar-refractivity contribution >= 4 is 5.91 Å². The van der Waals surface area contributed by atoms with Crippen LogP contribution in [0.25, 0.3) is 0 Å². The van der Waals surface area contributed by atoms with Crippen LogP contribution in [0, 0.1) is 5.92 Å². The summed E-state index contributed by atoms with van der Waals surface area (Å²) in [6.45, 7) is 7.07. The van der Waals surface area contributed by atoms with E-state index in [1.807, 2.05) is 35.2 Å². The number of amides is 1. The van der Waals surface area contributed by atoms with Gasteiger partial charge in [-0.1, -0.05) is 32.0 Å². The lowest BCUT2D eigenvalue weighted by molar-refractivity contribution is -0.135. The SMILES string of the molecule is CCNC1CCN(C(=O)COc2ccccc2)CC1C. The van der Waals surface area contributed by atoms with Crippen LogP contribution >= 0.6 is 0 Å². The lowest BCUT2D eigenvalue weighted by Gasteiger charge is -2.37. The van der Waals surface area contributed by atoms with Crippen LogP contribution in [0.5, 0.6) is 5.75 Å². The molecule has 0 aliphatic carbocycles. The molecule has 110 valence electrons. The van der Waals surface area contributed by atoms with E-state index < -0.39 is 0 Å². The molecule has 1 aromatic carbocycles. The van der Waals surface area contributed by atoms with Crippen molar-refractivity contribution < 1.29 is 9.53 Å². The van der Waals surface area contributed by atoms with Crippen LogP contribution in [0.2, 0.25) is 0 Å². The number of piperidine rings is 1. The number of nitrogens with zero attached hydrogens (tertiary/aromatic N) is 1. The van der Waals surface area contributed by atoms with Crippen molar-refractivity contribution in [2.45, 2.75) is 26.3 Å². The van der Waals surface area contributed by atoms with Crippen LogP contribution < -0.4 is 10.1 Å². The number of rotatable bonds is 5. The Bertz CT molecular complexity index is 422. The Morgan fingerprint density at radius 1 is 1.40 bits per heavy atom. The van der Waals surface area contributed by atoms with E-state index in [0.29, 0.717) is 12.0 Å². The average molecular weight is 276 g/mol. The predicted octanol–water partition coefficient (Wildman–Crippen LogP) is 1.91. The van der Waals surface area contributed by atoms with E-state index in [-0.39, 0.29) is 12.5 Å². The molecule has 0 bridgehead atoms. The second-order valence-corrected chi connectivity index (χ2v) is 5.37. The van der Waals surface area contributed by atoms with E-state index in [0.717, 1.165) is 31.8 Å². The summed E-state index contributed by atoms with van der Waals surface area (Å²) >= 11 is 0. The summed E-state index contributed by atoms with van der Waals surface area (Å²) in [6, 6.07) is 10.0. The molecule has 1 aromatic rings. The van der Waals surface area contributed by atoms with Gasteiger partial charge in [0, 0.05) is 19.1 Å². The second-order valence-electron chi connectivity index (χ2n) is 5.37. The maximum atomic E-state index is 12.2. The molecule has 1 saturated heterocycles. The van der Waals surface area contributed by atoms with E-state index >= 15 is 0 Å². The highest BCUT2D eigenvalue weighted by Crippen LogP contribution is 2.17. The Morgan fingerprint density at radius 3 is 2.80 bits per heavy atom. The first-order chi connectivity index (χ1) is 9.70. The Kier molecular flexibility index (Phi) is 5.41. The fourth-order valence-corrected chi connectivity index (χ4v) is 2.69. The lowest BCUT2D eigenvalue weighted by Crippen LogP contribution is -2.51. The maximum absolute atomic E-state index is 12.2. The van der Waals surface area contributed by atoms with Gasteiger partial charge >= 0.3 is 0 Å². The largest absolute Gasteiger partial charge is 0.484 e.